The van der Waals surface area contributed by atoms with Crippen LogP contribution in [0.1, 0.15) is 106 Å². The molecular formula is C47H67N7O9. The maximum atomic E-state index is 13.4. The molecule has 63 heavy (non-hydrogen) atoms. The molecule has 0 spiro atoms. The van der Waals surface area contributed by atoms with Crippen LogP contribution in [0.3, 0.4) is 0 Å². The summed E-state index contributed by atoms with van der Waals surface area (Å²) >= 11 is 0. The number of anilines is 1. The van der Waals surface area contributed by atoms with Crippen LogP contribution in [0.5, 0.6) is 5.75 Å². The number of unbranched alkanes of at least 4 members (excludes halogenated alkanes) is 5. The lowest BCUT2D eigenvalue weighted by Gasteiger charge is -2.43. The standard InChI is InChI=1S/C47H67N7O9/c1-46(2,3)63-45(58)54-24-20-47(21-25-54,44(49)52-42(48)37-18-22-50-23-19-37)53-39-15-12-14-38(34-39)43(57)51-35-36-13-11-16-40(33-36)62-28-10-5-4-8-26-59-29-31-61-32-30-60-27-9-6-7-17-41(55)56/h11-16,18-19,22-23,33-34,53H,4-10,17,20-21,24-32,35H2,1-3H3,(H,51,57)(H,55,56)(H3,48,49,52). The smallest absolute Gasteiger partial charge is 0.410 e. The Kier molecular flexibility index (Phi) is 21.3. The number of amides is 2. The number of aliphatic carboxylic acids is 1. The Labute approximate surface area is 371 Å². The van der Waals surface area contributed by atoms with Crippen molar-refractivity contribution in [2.45, 2.75) is 103 Å². The number of aromatic nitrogens is 1. The molecule has 2 heterocycles. The third-order valence-corrected chi connectivity index (χ3v) is 10.2. The lowest BCUT2D eigenvalue weighted by molar-refractivity contribution is -0.137. The Balaban J connectivity index is 1.16. The van der Waals surface area contributed by atoms with Crippen molar-refractivity contribution in [1.29, 1.82) is 10.8 Å². The number of carboxylic acids is 1. The third-order valence-electron chi connectivity index (χ3n) is 10.2. The Morgan fingerprint density at radius 2 is 1.38 bits per heavy atom. The van der Waals surface area contributed by atoms with Crippen LogP contribution in [-0.2, 0) is 30.3 Å². The summed E-state index contributed by atoms with van der Waals surface area (Å²) in [6.07, 6.45) is 10.0. The van der Waals surface area contributed by atoms with Gasteiger partial charge in [-0.15, -0.1) is 0 Å². The summed E-state index contributed by atoms with van der Waals surface area (Å²) in [5, 5.41) is 35.9. The van der Waals surface area contributed by atoms with Gasteiger partial charge in [-0.3, -0.25) is 25.4 Å². The van der Waals surface area contributed by atoms with Crippen molar-refractivity contribution in [3.05, 3.63) is 89.7 Å². The summed E-state index contributed by atoms with van der Waals surface area (Å²) < 4.78 is 28.3. The number of pyridine rings is 1. The summed E-state index contributed by atoms with van der Waals surface area (Å²) in [6.45, 7) is 10.4. The van der Waals surface area contributed by atoms with Gasteiger partial charge in [-0.2, -0.15) is 0 Å². The van der Waals surface area contributed by atoms with Crippen LogP contribution in [0.15, 0.2) is 73.1 Å². The summed E-state index contributed by atoms with van der Waals surface area (Å²) in [7, 11) is 0. The van der Waals surface area contributed by atoms with Crippen molar-refractivity contribution in [3.63, 3.8) is 0 Å². The first kappa shape index (κ1) is 50.1. The number of nitrogens with zero attached hydrogens (tertiary/aromatic N) is 2. The van der Waals surface area contributed by atoms with Gasteiger partial charge >= 0.3 is 12.1 Å². The zero-order valence-electron chi connectivity index (χ0n) is 37.2. The number of rotatable bonds is 27. The summed E-state index contributed by atoms with van der Waals surface area (Å²) in [5.74, 6) is -0.139. The molecule has 4 rings (SSSR count). The molecule has 1 aliphatic heterocycles. The molecule has 0 saturated carbocycles. The number of ether oxygens (including phenoxy) is 5. The third kappa shape index (κ3) is 19.1. The largest absolute Gasteiger partial charge is 0.494 e. The molecule has 0 radical (unpaired) electrons. The summed E-state index contributed by atoms with van der Waals surface area (Å²) in [6, 6.07) is 18.2. The topological polar surface area (TPSA) is 218 Å². The highest BCUT2D eigenvalue weighted by molar-refractivity contribution is 6.10. The molecule has 16 heteroatoms. The van der Waals surface area contributed by atoms with E-state index in [1.54, 1.807) is 47.6 Å². The van der Waals surface area contributed by atoms with E-state index in [4.69, 9.17) is 39.6 Å². The molecule has 0 atom stereocenters. The monoisotopic (exact) mass is 874 g/mol. The zero-order valence-corrected chi connectivity index (χ0v) is 37.2. The molecule has 0 bridgehead atoms. The SMILES string of the molecule is CC(C)(C)OC(=O)N1CCC(Nc2cccc(C(=O)NCc3cccc(OCCCCCCOCCOCCOCCCCCC(=O)O)c3)c2)(C(=N)NC(=N)c2ccncc2)CC1. The molecule has 2 amide bonds. The van der Waals surface area contributed by atoms with Crippen molar-refractivity contribution in [2.24, 2.45) is 0 Å². The van der Waals surface area contributed by atoms with Crippen molar-refractivity contribution in [3.8, 4) is 5.75 Å². The quantitative estimate of drug-likeness (QED) is 0.0251. The van der Waals surface area contributed by atoms with Crippen LogP contribution < -0.4 is 20.7 Å². The number of likely N-dealkylation sites (tertiary alicyclic amines) is 1. The van der Waals surface area contributed by atoms with Crippen LogP contribution >= 0.6 is 0 Å². The summed E-state index contributed by atoms with van der Waals surface area (Å²) in [5.41, 5.74) is 0.948. The second kappa shape index (κ2) is 26.8. The van der Waals surface area contributed by atoms with Gasteiger partial charge in [0.05, 0.1) is 38.6 Å². The van der Waals surface area contributed by atoms with Gasteiger partial charge in [0.1, 0.15) is 23.0 Å². The minimum absolute atomic E-state index is 0.0530. The van der Waals surface area contributed by atoms with E-state index in [1.807, 2.05) is 51.1 Å². The number of hydrogen-bond donors (Lipinski definition) is 6. The van der Waals surface area contributed by atoms with E-state index in [9.17, 15) is 14.4 Å². The van der Waals surface area contributed by atoms with E-state index in [2.05, 4.69) is 20.9 Å². The average molecular weight is 874 g/mol. The highest BCUT2D eigenvalue weighted by Gasteiger charge is 2.41. The van der Waals surface area contributed by atoms with Gasteiger partial charge in [-0.25, -0.2) is 4.79 Å². The van der Waals surface area contributed by atoms with Crippen LogP contribution in [0, 0.1) is 10.8 Å². The molecule has 0 unspecified atom stereocenters. The molecule has 16 nitrogen and oxygen atoms in total. The molecule has 1 fully saturated rings. The first-order valence-corrected chi connectivity index (χ1v) is 22.0. The number of carboxylic acid groups (broad SMARTS) is 1. The van der Waals surface area contributed by atoms with E-state index in [0.717, 1.165) is 49.8 Å². The maximum Gasteiger partial charge on any atom is 0.410 e. The van der Waals surface area contributed by atoms with E-state index >= 15 is 0 Å². The van der Waals surface area contributed by atoms with Crippen LogP contribution in [0.2, 0.25) is 0 Å². The van der Waals surface area contributed by atoms with Crippen molar-refractivity contribution in [1.82, 2.24) is 20.5 Å². The number of hydrogen-bond acceptors (Lipinski definition) is 12. The van der Waals surface area contributed by atoms with Gasteiger partial charge in [0.15, 0.2) is 0 Å². The Morgan fingerprint density at radius 1 is 0.762 bits per heavy atom. The molecular weight excluding hydrogens is 807 g/mol. The Morgan fingerprint density at radius 3 is 2.03 bits per heavy atom. The first-order chi connectivity index (χ1) is 30.3. The number of benzene rings is 2. The van der Waals surface area contributed by atoms with Crippen LogP contribution in [-0.4, -0.2) is 115 Å². The fourth-order valence-corrected chi connectivity index (χ4v) is 6.76. The second-order valence-electron chi connectivity index (χ2n) is 16.5. The van der Waals surface area contributed by atoms with E-state index in [0.29, 0.717) is 102 Å². The van der Waals surface area contributed by atoms with Gasteiger partial charge in [-0.05, 0) is 114 Å². The van der Waals surface area contributed by atoms with Crippen LogP contribution in [0.4, 0.5) is 10.5 Å². The second-order valence-corrected chi connectivity index (χ2v) is 16.5. The molecule has 2 aromatic carbocycles. The first-order valence-electron chi connectivity index (χ1n) is 22.0. The molecule has 344 valence electrons. The van der Waals surface area contributed by atoms with Gasteiger partial charge in [0.2, 0.25) is 0 Å². The zero-order chi connectivity index (χ0) is 45.3. The molecule has 1 aliphatic rings. The van der Waals surface area contributed by atoms with E-state index in [-0.39, 0.29) is 24.0 Å². The Bertz CT molecular complexity index is 1880. The number of carbonyl (C=O) groups is 3. The highest BCUT2D eigenvalue weighted by atomic mass is 16.6. The predicted molar refractivity (Wildman–Crippen MR) is 242 cm³/mol. The maximum absolute atomic E-state index is 13.4. The van der Waals surface area contributed by atoms with Gasteiger partial charge in [0, 0.05) is 68.5 Å². The van der Waals surface area contributed by atoms with Gasteiger partial charge in [-0.1, -0.05) is 31.0 Å². The van der Waals surface area contributed by atoms with E-state index < -0.39 is 23.2 Å². The minimum Gasteiger partial charge on any atom is -0.494 e. The predicted octanol–water partition coefficient (Wildman–Crippen LogP) is 7.42. The van der Waals surface area contributed by atoms with Crippen LogP contribution in [0.25, 0.3) is 0 Å². The van der Waals surface area contributed by atoms with Crippen molar-refractivity contribution >= 4 is 35.3 Å². The number of piperidine rings is 1. The fourth-order valence-electron chi connectivity index (χ4n) is 6.76. The van der Waals surface area contributed by atoms with Crippen molar-refractivity contribution in [2.75, 3.05) is 64.7 Å². The number of carbonyl (C=O) groups excluding carboxylic acids is 2. The average Bonchev–Trinajstić information content (AvgIpc) is 3.26. The summed E-state index contributed by atoms with van der Waals surface area (Å²) in [4.78, 5) is 42.5. The van der Waals surface area contributed by atoms with Gasteiger partial charge in [0.25, 0.3) is 5.91 Å². The van der Waals surface area contributed by atoms with Gasteiger partial charge < -0.3 is 49.6 Å². The number of nitrogens with one attached hydrogen (secondary N) is 5. The lowest BCUT2D eigenvalue weighted by atomic mass is 9.85. The normalized spacial score (nSPS) is 13.5. The molecule has 6 N–H and O–H groups in total. The highest BCUT2D eigenvalue weighted by Crippen LogP contribution is 2.30. The fraction of sp³-hybridized carbons (Fsp3) is 0.532. The minimum atomic E-state index is -0.968. The van der Waals surface area contributed by atoms with Crippen molar-refractivity contribution < 1.29 is 43.2 Å². The molecule has 1 aromatic heterocycles. The molecule has 1 saturated heterocycles. The molecule has 0 aliphatic carbocycles. The Hall–Kier alpha value is -5.58. The van der Waals surface area contributed by atoms with E-state index in [1.165, 1.54) is 0 Å². The molecule has 3 aromatic rings. The number of amidine groups is 2. The lowest BCUT2D eigenvalue weighted by Crippen LogP contribution is -2.59.